The zero-order valence-electron chi connectivity index (χ0n) is 49.5. The number of anilines is 3. The number of amides is 6. The van der Waals surface area contributed by atoms with Crippen LogP contribution in [0.15, 0.2) is 60.8 Å². The summed E-state index contributed by atoms with van der Waals surface area (Å²) in [7, 11) is 4.51. The minimum atomic E-state index is -0.821. The first-order chi connectivity index (χ1) is 39.7. The Morgan fingerprint density at radius 1 is 0.460 bits per heavy atom. The normalized spacial score (nSPS) is 10.8. The summed E-state index contributed by atoms with van der Waals surface area (Å²) in [5.74, 6) is -8.70. The Labute approximate surface area is 511 Å². The number of halogens is 5. The van der Waals surface area contributed by atoms with Crippen LogP contribution in [0.1, 0.15) is 149 Å². The first-order valence-electron chi connectivity index (χ1n) is 25.6. The maximum absolute atomic E-state index is 13.5. The zero-order chi connectivity index (χ0) is 65.4. The lowest BCUT2D eigenvalue weighted by molar-refractivity contribution is -0.119. The number of benzene rings is 3. The predicted molar refractivity (Wildman–Crippen MR) is 326 cm³/mol. The lowest BCUT2D eigenvalue weighted by Gasteiger charge is -2.20. The molecule has 0 spiro atoms. The molecule has 3 heterocycles. The number of Topliss-reactive ketones (excluding diaryl/α,β-unsaturated/α-hetero) is 3. The van der Waals surface area contributed by atoms with Crippen molar-refractivity contribution < 1.29 is 56.3 Å². The van der Waals surface area contributed by atoms with Crippen molar-refractivity contribution in [3.63, 3.8) is 0 Å². The first kappa shape index (κ1) is 71.4. The molecule has 0 saturated heterocycles. The van der Waals surface area contributed by atoms with Gasteiger partial charge in [-0.05, 0) is 154 Å². The Hall–Kier alpha value is -9.83. The summed E-state index contributed by atoms with van der Waals surface area (Å²) >= 11 is 12.5. The first-order valence-corrected chi connectivity index (χ1v) is 26.4. The number of aryl methyl sites for hydroxylation is 1. The average Bonchev–Trinajstić information content (AvgIpc) is 1.92. The van der Waals surface area contributed by atoms with Crippen LogP contribution in [0.3, 0.4) is 0 Å². The zero-order valence-corrected chi connectivity index (χ0v) is 51.0. The van der Waals surface area contributed by atoms with E-state index in [0.717, 1.165) is 18.2 Å². The molecule has 0 aliphatic heterocycles. The van der Waals surface area contributed by atoms with Gasteiger partial charge in [0.25, 0.3) is 52.8 Å². The minimum absolute atomic E-state index is 0. The molecule has 21 nitrogen and oxygen atoms in total. The van der Waals surface area contributed by atoms with Crippen LogP contribution in [0, 0.1) is 57.9 Å². The molecule has 3 aromatic carbocycles. The van der Waals surface area contributed by atoms with Crippen molar-refractivity contribution in [2.24, 2.45) is 21.1 Å². The number of ketones is 3. The number of aromatic nitrogens is 3. The molecule has 3 aromatic heterocycles. The molecule has 87 heavy (non-hydrogen) atoms. The van der Waals surface area contributed by atoms with Gasteiger partial charge in [-0.15, -0.1) is 0 Å². The molecule has 6 amide bonds. The van der Waals surface area contributed by atoms with Gasteiger partial charge in [0.2, 0.25) is 17.1 Å². The third kappa shape index (κ3) is 17.6. The third-order valence-electron chi connectivity index (χ3n) is 12.0. The van der Waals surface area contributed by atoms with Gasteiger partial charge in [-0.3, -0.25) is 43.2 Å². The molecular weight excluding hydrogens is 1170 g/mol. The van der Waals surface area contributed by atoms with Gasteiger partial charge < -0.3 is 45.6 Å². The van der Waals surface area contributed by atoms with E-state index in [1.807, 2.05) is 0 Å². The van der Waals surface area contributed by atoms with Crippen LogP contribution in [0.2, 0.25) is 10.3 Å². The fraction of sp³-hybridized carbons (Fsp3) is 0.311. The van der Waals surface area contributed by atoms with Crippen molar-refractivity contribution in [3.8, 4) is 0 Å². The fourth-order valence-electron chi connectivity index (χ4n) is 8.19. The maximum atomic E-state index is 13.5. The summed E-state index contributed by atoms with van der Waals surface area (Å²) in [5, 5.41) is 15.3. The largest absolute Gasteiger partial charge is 0.347 e. The molecule has 6 rings (SSSR count). The molecule has 0 saturated carbocycles. The number of nitrogens with zero attached hydrogens (tertiary/aromatic N) is 6. The Morgan fingerprint density at radius 2 is 0.736 bits per heavy atom. The third-order valence-corrected chi connectivity index (χ3v) is 12.9. The SMILES string of the molecule is C.[C-]#[N+]c1cc(NC(=O)c2c(C)c(C(=O)C(=O)NC(C)(C)C)n(C)c2Cl)ccc1F.[C-]#[N+]c1cc(NC(=O)c2c(C)c(C(=O)C(=O)NC(C)(C)C)n(C)c2Cl)ccc1F.[C-]#[N+]c1cc(NC(=O)c2cn(C)c(C(=O)C(=O)NC(C)(C)C)c2C)ccc1F. The highest BCUT2D eigenvalue weighted by Gasteiger charge is 2.34. The Bertz CT molecular complexity index is 3760. The second kappa shape index (κ2) is 28.4. The standard InChI is InChI=1S/2C20H20ClFN4O3.C20H21FN4O3.CH4/c2*1-10-14(18(28)24-11-7-8-12(22)13(9-11)23-5)17(21)26(6)15(10)16(27)19(29)25-20(2,3)4;1-11-13(18(27)23-12-7-8-14(21)15(9-12)22-5)10-25(6)16(11)17(26)19(28)24-20(2,3)4;/h2*7-9H,1-4,6H3,(H,24,28)(H,25,29);7-10H,1-4,6H3,(H,23,27)(H,24,28);1H4. The molecule has 26 heteroatoms. The van der Waals surface area contributed by atoms with Crippen molar-refractivity contribution in [2.45, 2.75) is 107 Å². The molecule has 6 N–H and O–H groups in total. The molecule has 0 aliphatic carbocycles. The van der Waals surface area contributed by atoms with E-state index in [9.17, 15) is 56.3 Å². The minimum Gasteiger partial charge on any atom is -0.347 e. The highest BCUT2D eigenvalue weighted by molar-refractivity contribution is 6.45. The number of nitrogens with one attached hydrogen (secondary N) is 6. The topological polar surface area (TPSA) is 254 Å². The van der Waals surface area contributed by atoms with Gasteiger partial charge in [0.05, 0.1) is 53.5 Å². The molecule has 458 valence electrons. The van der Waals surface area contributed by atoms with E-state index in [-0.39, 0.29) is 96.8 Å². The van der Waals surface area contributed by atoms with E-state index in [2.05, 4.69) is 46.4 Å². The smallest absolute Gasteiger partial charge is 0.294 e. The highest BCUT2D eigenvalue weighted by atomic mass is 35.5. The molecule has 0 unspecified atom stereocenters. The maximum Gasteiger partial charge on any atom is 0.294 e. The Morgan fingerprint density at radius 3 is 1.01 bits per heavy atom. The second-order valence-electron chi connectivity index (χ2n) is 22.3. The van der Waals surface area contributed by atoms with Gasteiger partial charge >= 0.3 is 0 Å². The van der Waals surface area contributed by atoms with Gasteiger partial charge in [0.15, 0.2) is 0 Å². The number of carbonyl (C=O) groups is 9. The fourth-order valence-corrected chi connectivity index (χ4v) is 8.81. The van der Waals surface area contributed by atoms with Crippen molar-refractivity contribution >= 4 is 110 Å². The van der Waals surface area contributed by atoms with Crippen LogP contribution in [0.25, 0.3) is 14.5 Å². The van der Waals surface area contributed by atoms with Crippen LogP contribution in [0.4, 0.5) is 47.3 Å². The Kier molecular flexibility index (Phi) is 23.3. The van der Waals surface area contributed by atoms with Gasteiger partial charge in [0, 0.05) is 61.0 Å². The van der Waals surface area contributed by atoms with Crippen molar-refractivity contribution in [2.75, 3.05) is 16.0 Å². The van der Waals surface area contributed by atoms with E-state index in [1.54, 1.807) is 76.3 Å². The van der Waals surface area contributed by atoms with Crippen LogP contribution < -0.4 is 31.9 Å². The van der Waals surface area contributed by atoms with E-state index in [1.165, 1.54) is 84.2 Å². The van der Waals surface area contributed by atoms with Crippen LogP contribution in [-0.4, -0.2) is 83.1 Å². The van der Waals surface area contributed by atoms with E-state index < -0.39 is 86.9 Å². The molecular formula is C61H65Cl2F3N12O9. The summed E-state index contributed by atoms with van der Waals surface area (Å²) < 4.78 is 44.3. The molecule has 0 atom stereocenters. The molecule has 0 bridgehead atoms. The van der Waals surface area contributed by atoms with Crippen molar-refractivity contribution in [1.82, 2.24) is 29.7 Å². The van der Waals surface area contributed by atoms with Gasteiger partial charge in [-0.1, -0.05) is 30.6 Å². The summed E-state index contributed by atoms with van der Waals surface area (Å²) in [5.41, 5.74) is -0.744. The molecule has 0 radical (unpaired) electrons. The summed E-state index contributed by atoms with van der Waals surface area (Å²) in [4.78, 5) is 122. The van der Waals surface area contributed by atoms with E-state index >= 15 is 0 Å². The predicted octanol–water partition coefficient (Wildman–Crippen LogP) is 12.1. The number of hydrogen-bond acceptors (Lipinski definition) is 9. The summed E-state index contributed by atoms with van der Waals surface area (Å²) in [6.07, 6.45) is 1.45. The number of hydrogen-bond donors (Lipinski definition) is 6. The molecule has 6 aromatic rings. The average molecular weight is 1240 g/mol. The lowest BCUT2D eigenvalue weighted by Crippen LogP contribution is -2.44. The van der Waals surface area contributed by atoms with Crippen LogP contribution in [-0.2, 0) is 35.5 Å². The van der Waals surface area contributed by atoms with E-state index in [4.69, 9.17) is 42.9 Å². The molecule has 0 fully saturated rings. The quantitative estimate of drug-likeness (QED) is 0.0386. The van der Waals surface area contributed by atoms with Crippen molar-refractivity contribution in [3.05, 3.63) is 173 Å². The van der Waals surface area contributed by atoms with Crippen molar-refractivity contribution in [1.29, 1.82) is 0 Å². The van der Waals surface area contributed by atoms with E-state index in [0.29, 0.717) is 5.56 Å². The summed E-state index contributed by atoms with van der Waals surface area (Å²) in [6, 6.07) is 10.8. The molecule has 0 aliphatic rings. The number of carbonyl (C=O) groups excluding carboxylic acids is 9. The monoisotopic (exact) mass is 1240 g/mol. The highest BCUT2D eigenvalue weighted by Crippen LogP contribution is 2.32. The summed E-state index contributed by atoms with van der Waals surface area (Å²) in [6.45, 7) is 41.1. The number of rotatable bonds is 12. The lowest BCUT2D eigenvalue weighted by atomic mass is 10.1. The Balaban J connectivity index is 0.000000340. The van der Waals surface area contributed by atoms with Gasteiger partial charge in [-0.2, -0.15) is 0 Å². The van der Waals surface area contributed by atoms with Gasteiger partial charge in [-0.25, -0.2) is 27.7 Å². The van der Waals surface area contributed by atoms with Gasteiger partial charge in [0.1, 0.15) is 27.8 Å². The van der Waals surface area contributed by atoms with Crippen LogP contribution >= 0.6 is 23.2 Å². The second-order valence-corrected chi connectivity index (χ2v) is 23.0. The van der Waals surface area contributed by atoms with Crippen LogP contribution in [0.5, 0.6) is 0 Å².